The number of aryl methyl sites for hydroxylation is 1. The maximum Gasteiger partial charge on any atom is 0.226 e. The molecule has 0 aliphatic carbocycles. The molecular formula is C14H15FN2O2. The van der Waals surface area contributed by atoms with Crippen molar-refractivity contribution >= 4 is 0 Å². The molecule has 2 N–H and O–H groups in total. The van der Waals surface area contributed by atoms with E-state index in [1.54, 1.807) is 18.4 Å². The van der Waals surface area contributed by atoms with Gasteiger partial charge in [0.25, 0.3) is 0 Å². The van der Waals surface area contributed by atoms with Crippen molar-refractivity contribution in [2.75, 3.05) is 13.2 Å². The lowest BCUT2D eigenvalue weighted by molar-refractivity contribution is 0.347. The number of ether oxygens (including phenoxy) is 1. The second-order valence-corrected chi connectivity index (χ2v) is 4.08. The largest absolute Gasteiger partial charge is 0.489 e. The maximum atomic E-state index is 12.3. The van der Waals surface area contributed by atoms with Gasteiger partial charge in [0.15, 0.2) is 0 Å². The Morgan fingerprint density at radius 2 is 2.16 bits per heavy atom. The standard InChI is InChI=1S/C14H15FN2O2/c1-10-8-19-14(17-10)12-2-4-13(5-3-12)18-9-11(6-15)7-16/h2-6,8H,7,9,16H2,1H3/b11-6-. The predicted molar refractivity (Wildman–Crippen MR) is 70.4 cm³/mol. The van der Waals surface area contributed by atoms with E-state index in [-0.39, 0.29) is 13.2 Å². The molecule has 0 amide bonds. The van der Waals surface area contributed by atoms with Crippen LogP contribution >= 0.6 is 0 Å². The molecule has 0 radical (unpaired) electrons. The Morgan fingerprint density at radius 1 is 1.42 bits per heavy atom. The van der Waals surface area contributed by atoms with E-state index >= 15 is 0 Å². The molecule has 0 atom stereocenters. The topological polar surface area (TPSA) is 61.3 Å². The molecule has 0 fully saturated rings. The first kappa shape index (κ1) is 13.3. The molecule has 2 rings (SSSR count). The summed E-state index contributed by atoms with van der Waals surface area (Å²) in [6, 6.07) is 7.23. The van der Waals surface area contributed by atoms with Crippen LogP contribution in [0.15, 0.2) is 46.8 Å². The van der Waals surface area contributed by atoms with Crippen LogP contribution in [0.3, 0.4) is 0 Å². The molecule has 0 aliphatic rings. The van der Waals surface area contributed by atoms with Crippen molar-refractivity contribution in [1.82, 2.24) is 4.98 Å². The zero-order valence-corrected chi connectivity index (χ0v) is 10.6. The van der Waals surface area contributed by atoms with Crippen LogP contribution in [0.4, 0.5) is 4.39 Å². The highest BCUT2D eigenvalue weighted by molar-refractivity contribution is 5.54. The Kier molecular flexibility index (Phi) is 4.30. The quantitative estimate of drug-likeness (QED) is 0.900. The van der Waals surface area contributed by atoms with Crippen molar-refractivity contribution in [1.29, 1.82) is 0 Å². The smallest absolute Gasteiger partial charge is 0.226 e. The van der Waals surface area contributed by atoms with Gasteiger partial charge in [-0.3, -0.25) is 0 Å². The fourth-order valence-corrected chi connectivity index (χ4v) is 1.49. The van der Waals surface area contributed by atoms with Gasteiger partial charge in [-0.15, -0.1) is 0 Å². The average molecular weight is 262 g/mol. The average Bonchev–Trinajstić information content (AvgIpc) is 2.87. The van der Waals surface area contributed by atoms with Gasteiger partial charge in [0, 0.05) is 17.7 Å². The number of benzene rings is 1. The van der Waals surface area contributed by atoms with Crippen LogP contribution < -0.4 is 10.5 Å². The molecule has 5 heteroatoms. The molecule has 1 aromatic heterocycles. The molecule has 1 aromatic carbocycles. The molecule has 0 unspecified atom stereocenters. The monoisotopic (exact) mass is 262 g/mol. The van der Waals surface area contributed by atoms with Crippen molar-refractivity contribution in [3.8, 4) is 17.2 Å². The van der Waals surface area contributed by atoms with E-state index in [9.17, 15) is 4.39 Å². The molecule has 4 nitrogen and oxygen atoms in total. The first-order chi connectivity index (χ1) is 9.22. The predicted octanol–water partition coefficient (Wildman–Crippen LogP) is 2.84. The number of oxazole rings is 1. The van der Waals surface area contributed by atoms with Crippen LogP contribution in [0.5, 0.6) is 5.75 Å². The fourth-order valence-electron chi connectivity index (χ4n) is 1.49. The maximum absolute atomic E-state index is 12.3. The summed E-state index contributed by atoms with van der Waals surface area (Å²) in [4.78, 5) is 4.23. The van der Waals surface area contributed by atoms with Gasteiger partial charge in [0.05, 0.1) is 12.0 Å². The third kappa shape index (κ3) is 3.42. The van der Waals surface area contributed by atoms with Crippen LogP contribution in [0.1, 0.15) is 5.69 Å². The molecule has 100 valence electrons. The van der Waals surface area contributed by atoms with Crippen molar-refractivity contribution < 1.29 is 13.5 Å². The summed E-state index contributed by atoms with van der Waals surface area (Å²) < 4.78 is 23.0. The third-order valence-corrected chi connectivity index (χ3v) is 2.56. The van der Waals surface area contributed by atoms with E-state index in [4.69, 9.17) is 14.9 Å². The van der Waals surface area contributed by atoms with Gasteiger partial charge in [-0.2, -0.15) is 0 Å². The van der Waals surface area contributed by atoms with Gasteiger partial charge in [0.2, 0.25) is 5.89 Å². The van der Waals surface area contributed by atoms with Crippen molar-refractivity contribution in [2.24, 2.45) is 5.73 Å². The highest BCUT2D eigenvalue weighted by atomic mass is 19.1. The number of aromatic nitrogens is 1. The summed E-state index contributed by atoms with van der Waals surface area (Å²) in [5.74, 6) is 1.20. The number of hydrogen-bond acceptors (Lipinski definition) is 4. The minimum Gasteiger partial charge on any atom is -0.489 e. The highest BCUT2D eigenvalue weighted by Gasteiger charge is 2.05. The number of hydrogen-bond donors (Lipinski definition) is 1. The number of nitrogens with two attached hydrogens (primary N) is 1. The molecule has 0 saturated heterocycles. The zero-order valence-electron chi connectivity index (χ0n) is 10.6. The second-order valence-electron chi connectivity index (χ2n) is 4.08. The molecular weight excluding hydrogens is 247 g/mol. The summed E-state index contributed by atoms with van der Waals surface area (Å²) in [7, 11) is 0. The first-order valence-electron chi connectivity index (χ1n) is 5.86. The highest BCUT2D eigenvalue weighted by Crippen LogP contribution is 2.21. The van der Waals surface area contributed by atoms with Gasteiger partial charge in [-0.1, -0.05) is 0 Å². The summed E-state index contributed by atoms with van der Waals surface area (Å²) in [5.41, 5.74) is 7.44. The molecule has 0 saturated carbocycles. The Hall–Kier alpha value is -2.14. The number of halogens is 1. The Labute approximate surface area is 110 Å². The van der Waals surface area contributed by atoms with Crippen molar-refractivity contribution in [3.05, 3.63) is 48.1 Å². The number of nitrogens with zero attached hydrogens (tertiary/aromatic N) is 1. The van der Waals surface area contributed by atoms with Crippen LogP contribution in [0.2, 0.25) is 0 Å². The molecule has 19 heavy (non-hydrogen) atoms. The lowest BCUT2D eigenvalue weighted by Gasteiger charge is -2.07. The molecule has 0 bridgehead atoms. The Balaban J connectivity index is 2.02. The van der Waals surface area contributed by atoms with E-state index in [0.717, 1.165) is 11.3 Å². The lowest BCUT2D eigenvalue weighted by Crippen LogP contribution is -2.10. The molecule has 2 aromatic rings. The van der Waals surface area contributed by atoms with Crippen LogP contribution in [-0.4, -0.2) is 18.1 Å². The van der Waals surface area contributed by atoms with Crippen LogP contribution in [0.25, 0.3) is 11.5 Å². The summed E-state index contributed by atoms with van der Waals surface area (Å²) in [6.07, 6.45) is 2.07. The van der Waals surface area contributed by atoms with Gasteiger partial charge in [0.1, 0.15) is 18.6 Å². The van der Waals surface area contributed by atoms with Gasteiger partial charge >= 0.3 is 0 Å². The lowest BCUT2D eigenvalue weighted by atomic mass is 10.2. The van der Waals surface area contributed by atoms with Gasteiger partial charge in [-0.25, -0.2) is 9.37 Å². The van der Waals surface area contributed by atoms with Gasteiger partial charge < -0.3 is 14.9 Å². The van der Waals surface area contributed by atoms with Crippen LogP contribution in [0, 0.1) is 6.92 Å². The molecule has 1 heterocycles. The minimum absolute atomic E-state index is 0.143. The third-order valence-electron chi connectivity index (χ3n) is 2.56. The number of rotatable bonds is 5. The van der Waals surface area contributed by atoms with Crippen molar-refractivity contribution in [2.45, 2.75) is 6.92 Å². The van der Waals surface area contributed by atoms with Crippen molar-refractivity contribution in [3.63, 3.8) is 0 Å². The van der Waals surface area contributed by atoms with E-state index in [1.807, 2.05) is 19.1 Å². The Morgan fingerprint density at radius 3 is 2.68 bits per heavy atom. The summed E-state index contributed by atoms with van der Waals surface area (Å²) in [6.45, 7) is 2.15. The van der Waals surface area contributed by atoms with E-state index in [1.165, 1.54) is 0 Å². The molecule has 0 aliphatic heterocycles. The second kappa shape index (κ2) is 6.15. The fraction of sp³-hybridized carbons (Fsp3) is 0.214. The van der Waals surface area contributed by atoms with Crippen LogP contribution in [-0.2, 0) is 0 Å². The summed E-state index contributed by atoms with van der Waals surface area (Å²) in [5, 5.41) is 0. The SMILES string of the molecule is Cc1coc(-c2ccc(OC/C(=C\F)CN)cc2)n1. The minimum atomic E-state index is 0.143. The summed E-state index contributed by atoms with van der Waals surface area (Å²) >= 11 is 0. The normalized spacial score (nSPS) is 11.6. The van der Waals surface area contributed by atoms with E-state index in [2.05, 4.69) is 4.98 Å². The van der Waals surface area contributed by atoms with E-state index < -0.39 is 0 Å². The van der Waals surface area contributed by atoms with E-state index in [0.29, 0.717) is 23.5 Å². The van der Waals surface area contributed by atoms with Gasteiger partial charge in [-0.05, 0) is 31.2 Å². The first-order valence-corrected chi connectivity index (χ1v) is 5.86. The zero-order chi connectivity index (χ0) is 13.7. The Bertz CT molecular complexity index is 561. The molecule has 0 spiro atoms.